The van der Waals surface area contributed by atoms with E-state index < -0.39 is 5.97 Å². The fourth-order valence-corrected chi connectivity index (χ4v) is 2.47. The Hall–Kier alpha value is -3.67. The molecule has 6 heteroatoms. The first-order valence-electron chi connectivity index (χ1n) is 7.90. The Bertz CT molecular complexity index is 925. The van der Waals surface area contributed by atoms with Gasteiger partial charge in [0.2, 0.25) is 0 Å². The van der Waals surface area contributed by atoms with Crippen LogP contribution < -0.4 is 10.6 Å². The van der Waals surface area contributed by atoms with E-state index in [1.54, 1.807) is 36.4 Å². The normalized spacial score (nSPS) is 10.2. The molecule has 3 rings (SSSR count). The molecule has 3 aromatic rings. The summed E-state index contributed by atoms with van der Waals surface area (Å²) in [6.07, 6.45) is 0. The highest BCUT2D eigenvalue weighted by molar-refractivity contribution is 6.10. The second-order valence-electron chi connectivity index (χ2n) is 5.47. The lowest BCUT2D eigenvalue weighted by Gasteiger charge is -2.23. The van der Waals surface area contributed by atoms with Crippen LogP contribution in [0.5, 0.6) is 0 Å². The van der Waals surface area contributed by atoms with E-state index in [2.05, 4.69) is 9.72 Å². The van der Waals surface area contributed by atoms with Gasteiger partial charge in [-0.15, -0.1) is 0 Å². The number of esters is 1. The first kappa shape index (κ1) is 17.2. The number of nitrogens with two attached hydrogens (primary N) is 1. The highest BCUT2D eigenvalue weighted by atomic mass is 16.5. The van der Waals surface area contributed by atoms with Crippen LogP contribution in [0.2, 0.25) is 0 Å². The number of amides is 1. The van der Waals surface area contributed by atoms with Crippen LogP contribution in [0.15, 0.2) is 72.8 Å². The summed E-state index contributed by atoms with van der Waals surface area (Å²) in [4.78, 5) is 30.5. The number of carbonyl (C=O) groups is 2. The van der Waals surface area contributed by atoms with Gasteiger partial charge in [-0.25, -0.2) is 9.78 Å². The van der Waals surface area contributed by atoms with Gasteiger partial charge >= 0.3 is 5.97 Å². The summed E-state index contributed by atoms with van der Waals surface area (Å²) in [5.41, 5.74) is 7.87. The van der Waals surface area contributed by atoms with Gasteiger partial charge in [0, 0.05) is 17.1 Å². The van der Waals surface area contributed by atoms with Crippen molar-refractivity contribution in [3.05, 3.63) is 84.2 Å². The minimum Gasteiger partial charge on any atom is -0.464 e. The predicted molar refractivity (Wildman–Crippen MR) is 99.3 cm³/mol. The van der Waals surface area contributed by atoms with E-state index in [0.717, 1.165) is 0 Å². The average molecular weight is 347 g/mol. The predicted octanol–water partition coefficient (Wildman–Crippen LogP) is 3.43. The first-order valence-corrected chi connectivity index (χ1v) is 7.90. The van der Waals surface area contributed by atoms with Gasteiger partial charge in [-0.05, 0) is 48.5 Å². The van der Waals surface area contributed by atoms with Crippen molar-refractivity contribution < 1.29 is 14.3 Å². The van der Waals surface area contributed by atoms with Crippen LogP contribution in [0, 0.1) is 0 Å². The summed E-state index contributed by atoms with van der Waals surface area (Å²) < 4.78 is 4.67. The van der Waals surface area contributed by atoms with Crippen molar-refractivity contribution in [3.63, 3.8) is 0 Å². The number of hydrogen-bond acceptors (Lipinski definition) is 5. The number of pyridine rings is 1. The standard InChI is InChI=1S/C20H17N3O3/c1-26-20(25)18-9-5-8-17(22-18)19(24)23(15-6-3-2-4-7-15)16-12-10-14(21)11-13-16/h2-13H,21H2,1H3. The Labute approximate surface area is 150 Å². The Balaban J connectivity index is 2.06. The van der Waals surface area contributed by atoms with Crippen molar-refractivity contribution in [1.29, 1.82) is 0 Å². The van der Waals surface area contributed by atoms with Crippen LogP contribution >= 0.6 is 0 Å². The number of nitrogens with zero attached hydrogens (tertiary/aromatic N) is 2. The Morgan fingerprint density at radius 2 is 1.46 bits per heavy atom. The highest BCUT2D eigenvalue weighted by Crippen LogP contribution is 2.27. The molecule has 2 aromatic carbocycles. The van der Waals surface area contributed by atoms with E-state index in [0.29, 0.717) is 17.1 Å². The summed E-state index contributed by atoms with van der Waals surface area (Å²) in [7, 11) is 1.27. The minimum absolute atomic E-state index is 0.0728. The van der Waals surface area contributed by atoms with Gasteiger partial charge in [0.15, 0.2) is 0 Å². The Morgan fingerprint density at radius 3 is 2.12 bits per heavy atom. The molecular formula is C20H17N3O3. The monoisotopic (exact) mass is 347 g/mol. The molecule has 0 radical (unpaired) electrons. The van der Waals surface area contributed by atoms with E-state index in [4.69, 9.17) is 5.73 Å². The van der Waals surface area contributed by atoms with Crippen molar-refractivity contribution in [1.82, 2.24) is 4.98 Å². The number of rotatable bonds is 4. The number of para-hydroxylation sites is 1. The largest absolute Gasteiger partial charge is 0.464 e. The molecule has 0 unspecified atom stereocenters. The lowest BCUT2D eigenvalue weighted by molar-refractivity contribution is 0.0594. The number of ether oxygens (including phenoxy) is 1. The Kier molecular flexibility index (Phi) is 4.94. The van der Waals surface area contributed by atoms with Crippen molar-refractivity contribution in [2.45, 2.75) is 0 Å². The lowest BCUT2D eigenvalue weighted by atomic mass is 10.2. The number of methoxy groups -OCH3 is 1. The van der Waals surface area contributed by atoms with Crippen molar-refractivity contribution in [3.8, 4) is 0 Å². The molecule has 6 nitrogen and oxygen atoms in total. The number of benzene rings is 2. The third-order valence-corrected chi connectivity index (χ3v) is 3.73. The number of anilines is 3. The number of aromatic nitrogens is 1. The lowest BCUT2D eigenvalue weighted by Crippen LogP contribution is -2.27. The molecule has 1 heterocycles. The van der Waals surface area contributed by atoms with E-state index in [1.165, 1.54) is 18.1 Å². The molecule has 0 atom stereocenters. The van der Waals surface area contributed by atoms with Gasteiger partial charge in [-0.2, -0.15) is 0 Å². The fraction of sp³-hybridized carbons (Fsp3) is 0.0500. The zero-order valence-corrected chi connectivity index (χ0v) is 14.1. The maximum absolute atomic E-state index is 13.2. The molecule has 0 saturated carbocycles. The summed E-state index contributed by atoms with van der Waals surface area (Å²) in [6.45, 7) is 0. The average Bonchev–Trinajstić information content (AvgIpc) is 2.70. The molecule has 0 aliphatic carbocycles. The van der Waals surface area contributed by atoms with Crippen LogP contribution in [0.25, 0.3) is 0 Å². The number of nitrogen functional groups attached to an aromatic ring is 1. The first-order chi connectivity index (χ1) is 12.6. The third-order valence-electron chi connectivity index (χ3n) is 3.73. The number of hydrogen-bond donors (Lipinski definition) is 1. The Morgan fingerprint density at radius 1 is 0.846 bits per heavy atom. The maximum atomic E-state index is 13.2. The molecule has 0 aliphatic heterocycles. The molecule has 0 aliphatic rings. The summed E-state index contributed by atoms with van der Waals surface area (Å²) >= 11 is 0. The van der Waals surface area contributed by atoms with Crippen molar-refractivity contribution >= 4 is 28.9 Å². The maximum Gasteiger partial charge on any atom is 0.356 e. The van der Waals surface area contributed by atoms with Gasteiger partial charge < -0.3 is 10.5 Å². The van der Waals surface area contributed by atoms with Crippen molar-refractivity contribution in [2.75, 3.05) is 17.7 Å². The second kappa shape index (κ2) is 7.48. The molecule has 0 fully saturated rings. The molecule has 0 saturated heterocycles. The van der Waals surface area contributed by atoms with Crippen LogP contribution in [0.3, 0.4) is 0 Å². The van der Waals surface area contributed by atoms with Crippen LogP contribution in [-0.2, 0) is 4.74 Å². The smallest absolute Gasteiger partial charge is 0.356 e. The highest BCUT2D eigenvalue weighted by Gasteiger charge is 2.22. The summed E-state index contributed by atoms with van der Waals surface area (Å²) in [5.74, 6) is -0.967. The van der Waals surface area contributed by atoms with E-state index in [9.17, 15) is 9.59 Å². The van der Waals surface area contributed by atoms with Crippen LogP contribution in [0.1, 0.15) is 21.0 Å². The second-order valence-corrected chi connectivity index (χ2v) is 5.47. The molecular weight excluding hydrogens is 330 g/mol. The van der Waals surface area contributed by atoms with Gasteiger partial charge in [-0.3, -0.25) is 9.69 Å². The molecule has 0 spiro atoms. The summed E-state index contributed by atoms with van der Waals surface area (Å²) in [5, 5.41) is 0. The third kappa shape index (κ3) is 3.54. The molecule has 2 N–H and O–H groups in total. The van der Waals surface area contributed by atoms with Gasteiger partial charge in [0.05, 0.1) is 7.11 Å². The van der Waals surface area contributed by atoms with Crippen molar-refractivity contribution in [2.24, 2.45) is 0 Å². The van der Waals surface area contributed by atoms with E-state index >= 15 is 0 Å². The quantitative estimate of drug-likeness (QED) is 0.577. The topological polar surface area (TPSA) is 85.5 Å². The summed E-state index contributed by atoms with van der Waals surface area (Å²) in [6, 6.07) is 20.8. The minimum atomic E-state index is -0.599. The molecule has 0 bridgehead atoms. The molecule has 1 aromatic heterocycles. The van der Waals surface area contributed by atoms with E-state index in [-0.39, 0.29) is 17.3 Å². The van der Waals surface area contributed by atoms with Gasteiger partial charge in [0.25, 0.3) is 5.91 Å². The van der Waals surface area contributed by atoms with Crippen LogP contribution in [0.4, 0.5) is 17.1 Å². The fourth-order valence-electron chi connectivity index (χ4n) is 2.47. The SMILES string of the molecule is COC(=O)c1cccc(C(=O)N(c2ccccc2)c2ccc(N)cc2)n1. The van der Waals surface area contributed by atoms with Gasteiger partial charge in [0.1, 0.15) is 11.4 Å². The van der Waals surface area contributed by atoms with E-state index in [1.807, 2.05) is 30.3 Å². The zero-order chi connectivity index (χ0) is 18.5. The molecule has 130 valence electrons. The number of carbonyl (C=O) groups excluding carboxylic acids is 2. The molecule has 1 amide bonds. The van der Waals surface area contributed by atoms with Gasteiger partial charge in [-0.1, -0.05) is 24.3 Å². The van der Waals surface area contributed by atoms with Crippen LogP contribution in [-0.4, -0.2) is 24.0 Å². The zero-order valence-electron chi connectivity index (χ0n) is 14.1. The molecule has 26 heavy (non-hydrogen) atoms.